The summed E-state index contributed by atoms with van der Waals surface area (Å²) in [7, 11) is -9.79. The molecule has 162 valence electrons. The minimum absolute atomic E-state index is 0.0343. The zero-order chi connectivity index (χ0) is 22.4. The number of rotatable bonds is 6. The lowest BCUT2D eigenvalue weighted by molar-refractivity contribution is 0.0991. The number of carbonyl (C=O) groups excluding carboxylic acids is 1. The van der Waals surface area contributed by atoms with E-state index in [1.54, 1.807) is 0 Å². The van der Waals surface area contributed by atoms with Crippen molar-refractivity contribution in [3.8, 4) is 17.1 Å². The average Bonchev–Trinajstić information content (AvgIpc) is 3.08. The Labute approximate surface area is 168 Å². The molecule has 3 aromatic rings. The van der Waals surface area contributed by atoms with Gasteiger partial charge in [-0.2, -0.15) is 4.37 Å². The quantitative estimate of drug-likeness (QED) is 0.458. The van der Waals surface area contributed by atoms with Crippen LogP contribution >= 0.6 is 21.8 Å². The largest absolute Gasteiger partial charge is 0.483 e. The predicted molar refractivity (Wildman–Crippen MR) is 95.9 cm³/mol. The van der Waals surface area contributed by atoms with Crippen molar-refractivity contribution < 1.29 is 37.7 Å². The first-order chi connectivity index (χ1) is 13.7. The number of carbonyl (C=O) groups is 1. The maximum Gasteiger partial charge on any atom is 0.310 e. The van der Waals surface area contributed by atoms with E-state index < -0.39 is 44.0 Å². The molecule has 0 radical (unpaired) electrons. The van der Waals surface area contributed by atoms with Gasteiger partial charge in [-0.25, -0.2) is 13.8 Å². The van der Waals surface area contributed by atoms with E-state index >= 15 is 0 Å². The van der Waals surface area contributed by atoms with Crippen LogP contribution in [0, 0.1) is 11.6 Å². The van der Waals surface area contributed by atoms with Gasteiger partial charge < -0.3 is 10.5 Å². The monoisotopic (exact) mass is 473 g/mol. The number of nitrogens with zero attached hydrogens (tertiary/aromatic N) is 2. The van der Waals surface area contributed by atoms with Crippen LogP contribution in [0.5, 0.6) is 5.75 Å². The Kier molecular flexibility index (Phi) is 4.78. The van der Waals surface area contributed by atoms with E-state index in [2.05, 4.69) is 9.36 Å². The Hall–Kier alpha value is -2.87. The Morgan fingerprint density at radius 3 is 2.23 bits per heavy atom. The fourth-order valence-electron chi connectivity index (χ4n) is 2.30. The molecule has 0 aliphatic rings. The highest BCUT2D eigenvalue weighted by molar-refractivity contribution is 8.45. The highest BCUT2D eigenvalue weighted by Gasteiger charge is 2.65. The molecule has 0 spiro atoms. The molecule has 0 bridgehead atoms. The van der Waals surface area contributed by atoms with E-state index in [4.69, 9.17) is 10.5 Å². The van der Waals surface area contributed by atoms with Crippen molar-refractivity contribution in [1.29, 1.82) is 0 Å². The summed E-state index contributed by atoms with van der Waals surface area (Å²) in [5.41, 5.74) is 3.96. The molecule has 0 aliphatic heterocycles. The number of hydrogen-bond acceptors (Lipinski definition) is 5. The number of benzene rings is 2. The molecule has 0 unspecified atom stereocenters. The van der Waals surface area contributed by atoms with Crippen LogP contribution in [0.4, 0.5) is 28.2 Å². The lowest BCUT2D eigenvalue weighted by Gasteiger charge is -2.40. The van der Waals surface area contributed by atoms with Crippen molar-refractivity contribution in [2.75, 3.05) is 0 Å². The van der Waals surface area contributed by atoms with Gasteiger partial charge in [0.1, 0.15) is 22.9 Å². The van der Waals surface area contributed by atoms with E-state index in [0.717, 1.165) is 35.8 Å². The van der Waals surface area contributed by atoms with Crippen LogP contribution in [0.25, 0.3) is 11.4 Å². The lowest BCUT2D eigenvalue weighted by atomic mass is 10.2. The van der Waals surface area contributed by atoms with Crippen LogP contribution < -0.4 is 10.5 Å². The van der Waals surface area contributed by atoms with Crippen molar-refractivity contribution in [3.05, 3.63) is 58.6 Å². The summed E-state index contributed by atoms with van der Waals surface area (Å²) in [4.78, 5) is 13.0. The maximum atomic E-state index is 14.1. The second-order valence-electron chi connectivity index (χ2n) is 5.89. The Balaban J connectivity index is 1.77. The molecule has 0 atom stereocenters. The van der Waals surface area contributed by atoms with Crippen molar-refractivity contribution in [2.24, 2.45) is 5.73 Å². The van der Waals surface area contributed by atoms with Gasteiger partial charge in [0.05, 0.1) is 0 Å². The zero-order valence-electron chi connectivity index (χ0n) is 14.4. The summed E-state index contributed by atoms with van der Waals surface area (Å²) in [6.07, 6.45) is 0. The smallest absolute Gasteiger partial charge is 0.310 e. The highest BCUT2D eigenvalue weighted by Crippen LogP contribution is 3.02. The van der Waals surface area contributed by atoms with Crippen LogP contribution in [0.1, 0.15) is 15.4 Å². The number of hydrogen-bond donors (Lipinski definition) is 1. The van der Waals surface area contributed by atoms with E-state index in [0.29, 0.717) is 0 Å². The Morgan fingerprint density at radius 1 is 1.03 bits per heavy atom. The summed E-state index contributed by atoms with van der Waals surface area (Å²) >= 11 is 0.754. The summed E-state index contributed by atoms with van der Waals surface area (Å²) in [6.45, 7) is -0.373. The molecule has 1 amide bonds. The number of halogens is 7. The van der Waals surface area contributed by atoms with E-state index in [9.17, 15) is 33.0 Å². The first-order valence-corrected chi connectivity index (χ1v) is 10.5. The second kappa shape index (κ2) is 6.57. The van der Waals surface area contributed by atoms with Gasteiger partial charge >= 0.3 is 10.2 Å². The molecule has 0 aliphatic carbocycles. The molecular weight excluding hydrogens is 463 g/mol. The zero-order valence-corrected chi connectivity index (χ0v) is 16.1. The van der Waals surface area contributed by atoms with Crippen molar-refractivity contribution in [1.82, 2.24) is 9.36 Å². The van der Waals surface area contributed by atoms with Crippen molar-refractivity contribution in [2.45, 2.75) is 11.5 Å². The van der Waals surface area contributed by atoms with Gasteiger partial charge in [0.15, 0.2) is 22.4 Å². The van der Waals surface area contributed by atoms with Gasteiger partial charge in [0, 0.05) is 5.56 Å². The number of primary amides is 1. The van der Waals surface area contributed by atoms with Gasteiger partial charge in [-0.15, -0.1) is 0 Å². The Bertz CT molecular complexity index is 1130. The van der Waals surface area contributed by atoms with Gasteiger partial charge in [-0.05, 0) is 47.9 Å². The fourth-order valence-corrected chi connectivity index (χ4v) is 3.53. The minimum atomic E-state index is -9.79. The second-order valence-corrected chi connectivity index (χ2v) is 9.14. The standard InChI is InChI=1S/C16H10F7N3O2S2/c17-10-5-6-11(14(18)13(10)15(24)27)28-7-12-25-16(26-29-12)8-1-3-9(4-2-8)30(19,20,21,22)23/h1-6H,7H2,(H2,24,27). The lowest BCUT2D eigenvalue weighted by Crippen LogP contribution is -2.16. The molecule has 14 heteroatoms. The van der Waals surface area contributed by atoms with Gasteiger partial charge in [0.25, 0.3) is 5.91 Å². The molecule has 30 heavy (non-hydrogen) atoms. The first kappa shape index (κ1) is 21.8. The fraction of sp³-hybridized carbons (Fsp3) is 0.0625. The maximum absolute atomic E-state index is 14.1. The SMILES string of the molecule is NC(=O)c1c(F)ccc(OCc2nc(-c3ccc(S(F)(F)(F)(F)F)cc3)ns2)c1F. The molecule has 2 N–H and O–H groups in total. The molecule has 2 aromatic carbocycles. The molecule has 5 nitrogen and oxygen atoms in total. The average molecular weight is 473 g/mol. The molecular formula is C16H10F7N3O2S2. The number of nitrogens with two attached hydrogens (primary N) is 1. The van der Waals surface area contributed by atoms with Crippen LogP contribution in [0.3, 0.4) is 0 Å². The minimum Gasteiger partial charge on any atom is -0.483 e. The van der Waals surface area contributed by atoms with Crippen LogP contribution in [0.2, 0.25) is 0 Å². The van der Waals surface area contributed by atoms with Gasteiger partial charge in [-0.3, -0.25) is 4.79 Å². The molecule has 3 rings (SSSR count). The molecule has 0 saturated heterocycles. The third-order valence-corrected chi connectivity index (χ3v) is 5.53. The summed E-state index contributed by atoms with van der Waals surface area (Å²) in [5, 5.41) is 0.145. The third kappa shape index (κ3) is 4.64. The van der Waals surface area contributed by atoms with Crippen molar-refractivity contribution in [3.63, 3.8) is 0 Å². The summed E-state index contributed by atoms with van der Waals surface area (Å²) < 4.78 is 100. The Morgan fingerprint density at radius 2 is 1.67 bits per heavy atom. The van der Waals surface area contributed by atoms with E-state index in [1.807, 2.05) is 0 Å². The third-order valence-electron chi connectivity index (χ3n) is 3.68. The predicted octanol–water partition coefficient (Wildman–Crippen LogP) is 5.82. The van der Waals surface area contributed by atoms with Crippen LogP contribution in [-0.4, -0.2) is 15.3 Å². The van der Waals surface area contributed by atoms with E-state index in [-0.39, 0.29) is 35.1 Å². The molecule has 0 fully saturated rings. The van der Waals surface area contributed by atoms with Crippen LogP contribution in [-0.2, 0) is 6.61 Å². The number of aromatic nitrogens is 2. The number of ether oxygens (including phenoxy) is 1. The molecule has 1 heterocycles. The van der Waals surface area contributed by atoms with Crippen LogP contribution in [0.15, 0.2) is 41.3 Å². The molecule has 1 aromatic heterocycles. The summed E-state index contributed by atoms with van der Waals surface area (Å²) in [5.74, 6) is -4.35. The topological polar surface area (TPSA) is 78.1 Å². The van der Waals surface area contributed by atoms with Gasteiger partial charge in [-0.1, -0.05) is 19.4 Å². The number of amides is 1. The van der Waals surface area contributed by atoms with Gasteiger partial charge in [0.2, 0.25) is 0 Å². The normalized spacial score (nSPS) is 14.1. The molecule has 0 saturated carbocycles. The van der Waals surface area contributed by atoms with E-state index in [1.165, 1.54) is 0 Å². The van der Waals surface area contributed by atoms with Crippen molar-refractivity contribution >= 4 is 27.7 Å². The highest BCUT2D eigenvalue weighted by atomic mass is 32.5. The first-order valence-electron chi connectivity index (χ1n) is 7.73. The summed E-state index contributed by atoms with van der Waals surface area (Å²) in [6, 6.07) is 3.75.